The van der Waals surface area contributed by atoms with Gasteiger partial charge in [0.15, 0.2) is 0 Å². The number of hydrogen-bond donors (Lipinski definition) is 2. The molecule has 0 bridgehead atoms. The normalized spacial score (nSPS) is 12.6. The van der Waals surface area contributed by atoms with Crippen molar-refractivity contribution >= 4 is 0 Å². The van der Waals surface area contributed by atoms with E-state index in [9.17, 15) is 9.50 Å². The monoisotopic (exact) mass is 269 g/mol. The SMILES string of the molecule is CCCCOCCCNCC(O)c1ccccc1F. The van der Waals surface area contributed by atoms with Gasteiger partial charge in [0, 0.05) is 25.3 Å². The molecule has 0 heterocycles. The highest BCUT2D eigenvalue weighted by molar-refractivity contribution is 5.19. The van der Waals surface area contributed by atoms with Gasteiger partial charge in [-0.1, -0.05) is 31.5 Å². The highest BCUT2D eigenvalue weighted by Gasteiger charge is 2.10. The van der Waals surface area contributed by atoms with E-state index in [2.05, 4.69) is 12.2 Å². The molecule has 2 N–H and O–H groups in total. The van der Waals surface area contributed by atoms with Crippen molar-refractivity contribution in [3.05, 3.63) is 35.6 Å². The summed E-state index contributed by atoms with van der Waals surface area (Å²) in [6, 6.07) is 6.31. The first-order chi connectivity index (χ1) is 9.25. The summed E-state index contributed by atoms with van der Waals surface area (Å²) in [7, 11) is 0. The van der Waals surface area contributed by atoms with Crippen LogP contribution >= 0.6 is 0 Å². The first kappa shape index (κ1) is 16.1. The molecule has 0 fully saturated rings. The van der Waals surface area contributed by atoms with Crippen molar-refractivity contribution in [2.75, 3.05) is 26.3 Å². The third kappa shape index (κ3) is 6.66. The quantitative estimate of drug-likeness (QED) is 0.642. The van der Waals surface area contributed by atoms with E-state index in [0.29, 0.717) is 12.1 Å². The number of rotatable bonds is 10. The van der Waals surface area contributed by atoms with Crippen molar-refractivity contribution in [3.63, 3.8) is 0 Å². The van der Waals surface area contributed by atoms with Crippen LogP contribution in [-0.4, -0.2) is 31.4 Å². The molecule has 1 unspecified atom stereocenters. The molecule has 0 spiro atoms. The number of hydrogen-bond acceptors (Lipinski definition) is 3. The lowest BCUT2D eigenvalue weighted by Crippen LogP contribution is -2.24. The van der Waals surface area contributed by atoms with Crippen molar-refractivity contribution < 1.29 is 14.2 Å². The number of halogens is 1. The second-order valence-corrected chi connectivity index (χ2v) is 4.56. The molecule has 19 heavy (non-hydrogen) atoms. The third-order valence-electron chi connectivity index (χ3n) is 2.89. The summed E-state index contributed by atoms with van der Waals surface area (Å²) in [5, 5.41) is 12.9. The van der Waals surface area contributed by atoms with Gasteiger partial charge < -0.3 is 15.2 Å². The Hall–Kier alpha value is -0.970. The number of benzene rings is 1. The zero-order chi connectivity index (χ0) is 13.9. The molecule has 0 aliphatic carbocycles. The van der Waals surface area contributed by atoms with Gasteiger partial charge in [-0.25, -0.2) is 4.39 Å². The summed E-state index contributed by atoms with van der Waals surface area (Å²) in [4.78, 5) is 0. The molecule has 1 atom stereocenters. The predicted molar refractivity (Wildman–Crippen MR) is 74.6 cm³/mol. The minimum Gasteiger partial charge on any atom is -0.387 e. The van der Waals surface area contributed by atoms with E-state index in [0.717, 1.165) is 39.0 Å². The van der Waals surface area contributed by atoms with Crippen LogP contribution in [-0.2, 0) is 4.74 Å². The van der Waals surface area contributed by atoms with Crippen molar-refractivity contribution in [1.29, 1.82) is 0 Å². The van der Waals surface area contributed by atoms with Crippen LogP contribution in [0.15, 0.2) is 24.3 Å². The van der Waals surface area contributed by atoms with E-state index in [1.807, 2.05) is 0 Å². The minimum absolute atomic E-state index is 0.342. The molecular formula is C15H24FNO2. The van der Waals surface area contributed by atoms with E-state index >= 15 is 0 Å². The molecule has 0 aliphatic rings. The molecule has 108 valence electrons. The summed E-state index contributed by atoms with van der Waals surface area (Å²) in [5.74, 6) is -0.361. The standard InChI is InChI=1S/C15H24FNO2/c1-2-3-10-19-11-6-9-17-12-15(18)13-7-4-5-8-14(13)16/h4-5,7-8,15,17-18H,2-3,6,9-12H2,1H3. The Labute approximate surface area is 114 Å². The highest BCUT2D eigenvalue weighted by atomic mass is 19.1. The van der Waals surface area contributed by atoms with Gasteiger partial charge in [-0.2, -0.15) is 0 Å². The summed E-state index contributed by atoms with van der Waals surface area (Å²) in [5.41, 5.74) is 0.342. The molecule has 1 rings (SSSR count). The number of aliphatic hydroxyl groups is 1. The Balaban J connectivity index is 2.08. The lowest BCUT2D eigenvalue weighted by atomic mass is 10.1. The van der Waals surface area contributed by atoms with Gasteiger partial charge >= 0.3 is 0 Å². The zero-order valence-electron chi connectivity index (χ0n) is 11.6. The second-order valence-electron chi connectivity index (χ2n) is 4.56. The second kappa shape index (κ2) is 9.89. The molecule has 0 aromatic heterocycles. The third-order valence-corrected chi connectivity index (χ3v) is 2.89. The Morgan fingerprint density at radius 1 is 1.26 bits per heavy atom. The molecule has 0 radical (unpaired) electrons. The van der Waals surface area contributed by atoms with E-state index in [1.165, 1.54) is 6.07 Å². The number of aliphatic hydroxyl groups excluding tert-OH is 1. The van der Waals surface area contributed by atoms with Crippen LogP contribution in [0.25, 0.3) is 0 Å². The van der Waals surface area contributed by atoms with E-state index in [1.54, 1.807) is 18.2 Å². The molecule has 0 saturated heterocycles. The first-order valence-corrected chi connectivity index (χ1v) is 6.96. The van der Waals surface area contributed by atoms with Gasteiger partial charge in [-0.3, -0.25) is 0 Å². The van der Waals surface area contributed by atoms with Crippen molar-refractivity contribution in [2.45, 2.75) is 32.3 Å². The lowest BCUT2D eigenvalue weighted by molar-refractivity contribution is 0.126. The Bertz CT molecular complexity index is 347. The summed E-state index contributed by atoms with van der Waals surface area (Å²) >= 11 is 0. The fourth-order valence-electron chi connectivity index (χ4n) is 1.74. The van der Waals surface area contributed by atoms with Crippen LogP contribution in [0, 0.1) is 5.82 Å². The number of nitrogens with one attached hydrogen (secondary N) is 1. The van der Waals surface area contributed by atoms with Crippen molar-refractivity contribution in [1.82, 2.24) is 5.32 Å². The fourth-order valence-corrected chi connectivity index (χ4v) is 1.74. The van der Waals surface area contributed by atoms with Gasteiger partial charge in [0.1, 0.15) is 5.82 Å². The molecule has 1 aromatic rings. The van der Waals surface area contributed by atoms with Gasteiger partial charge in [-0.05, 0) is 25.5 Å². The maximum atomic E-state index is 13.4. The molecular weight excluding hydrogens is 245 g/mol. The predicted octanol–water partition coefficient (Wildman–Crippen LogP) is 2.66. The summed E-state index contributed by atoms with van der Waals surface area (Å²) < 4.78 is 18.8. The summed E-state index contributed by atoms with van der Waals surface area (Å²) in [6.45, 7) is 4.79. The maximum absolute atomic E-state index is 13.4. The van der Waals surface area contributed by atoms with Crippen LogP contribution in [0.3, 0.4) is 0 Å². The fraction of sp³-hybridized carbons (Fsp3) is 0.600. The Morgan fingerprint density at radius 3 is 2.74 bits per heavy atom. The smallest absolute Gasteiger partial charge is 0.129 e. The van der Waals surface area contributed by atoms with Crippen LogP contribution in [0.4, 0.5) is 4.39 Å². The van der Waals surface area contributed by atoms with Gasteiger partial charge in [0.2, 0.25) is 0 Å². The lowest BCUT2D eigenvalue weighted by Gasteiger charge is -2.13. The van der Waals surface area contributed by atoms with Gasteiger partial charge in [-0.15, -0.1) is 0 Å². The molecule has 1 aromatic carbocycles. The van der Waals surface area contributed by atoms with Crippen LogP contribution in [0.1, 0.15) is 37.9 Å². The van der Waals surface area contributed by atoms with Crippen LogP contribution in [0.2, 0.25) is 0 Å². The summed E-state index contributed by atoms with van der Waals surface area (Å²) in [6.07, 6.45) is 2.34. The molecule has 0 aliphatic heterocycles. The average molecular weight is 269 g/mol. The minimum atomic E-state index is -0.804. The van der Waals surface area contributed by atoms with Crippen molar-refractivity contribution in [2.24, 2.45) is 0 Å². The largest absolute Gasteiger partial charge is 0.387 e. The highest BCUT2D eigenvalue weighted by Crippen LogP contribution is 2.15. The average Bonchev–Trinajstić information content (AvgIpc) is 2.42. The van der Waals surface area contributed by atoms with Crippen molar-refractivity contribution in [3.8, 4) is 0 Å². The topological polar surface area (TPSA) is 41.5 Å². The number of ether oxygens (including phenoxy) is 1. The molecule has 3 nitrogen and oxygen atoms in total. The number of unbranched alkanes of at least 4 members (excludes halogenated alkanes) is 1. The molecule has 0 amide bonds. The van der Waals surface area contributed by atoms with Crippen LogP contribution < -0.4 is 5.32 Å². The zero-order valence-corrected chi connectivity index (χ0v) is 11.6. The van der Waals surface area contributed by atoms with E-state index < -0.39 is 6.10 Å². The Kier molecular flexibility index (Phi) is 8.38. The Morgan fingerprint density at radius 2 is 2.00 bits per heavy atom. The molecule has 4 heteroatoms. The first-order valence-electron chi connectivity index (χ1n) is 6.96. The maximum Gasteiger partial charge on any atom is 0.129 e. The van der Waals surface area contributed by atoms with E-state index in [-0.39, 0.29) is 5.82 Å². The molecule has 0 saturated carbocycles. The van der Waals surface area contributed by atoms with Crippen LogP contribution in [0.5, 0.6) is 0 Å². The van der Waals surface area contributed by atoms with Gasteiger partial charge in [0.05, 0.1) is 6.10 Å². The van der Waals surface area contributed by atoms with E-state index in [4.69, 9.17) is 4.74 Å². The van der Waals surface area contributed by atoms with Gasteiger partial charge in [0.25, 0.3) is 0 Å².